The van der Waals surface area contributed by atoms with Crippen LogP contribution in [-0.4, -0.2) is 5.91 Å². The van der Waals surface area contributed by atoms with Crippen LogP contribution in [0.25, 0.3) is 0 Å². The molecule has 2 nitrogen and oxygen atoms in total. The van der Waals surface area contributed by atoms with Gasteiger partial charge in [0.05, 0.1) is 6.04 Å². The monoisotopic (exact) mass is 179 g/mol. The molecule has 1 aromatic rings. The molecule has 0 bridgehead atoms. The molecule has 1 atom stereocenters. The molecule has 0 unspecified atom stereocenters. The fraction of sp³-hybridized carbons (Fsp3) is 0.300. The predicted octanol–water partition coefficient (Wildman–Crippen LogP) is 1.78. The first-order valence-electron chi connectivity index (χ1n) is 4.30. The minimum absolute atomic E-state index is 0.00296. The highest BCUT2D eigenvalue weighted by Crippen LogP contribution is 2.23. The maximum Gasteiger partial charge on any atom is 0.220 e. The molecule has 1 saturated heterocycles. The zero-order chi connectivity index (χ0) is 9.26. The number of hydrogen-bond donors (Lipinski definition) is 1. The van der Waals surface area contributed by atoms with Crippen LogP contribution in [0.2, 0.25) is 0 Å². The molecule has 1 aromatic carbocycles. The van der Waals surface area contributed by atoms with Gasteiger partial charge in [-0.1, -0.05) is 12.1 Å². The summed E-state index contributed by atoms with van der Waals surface area (Å²) in [6.45, 7) is 0. The molecule has 2 rings (SSSR count). The normalized spacial score (nSPS) is 21.6. The van der Waals surface area contributed by atoms with E-state index in [9.17, 15) is 9.18 Å². The van der Waals surface area contributed by atoms with Crippen LogP contribution >= 0.6 is 0 Å². The van der Waals surface area contributed by atoms with E-state index < -0.39 is 0 Å². The van der Waals surface area contributed by atoms with Crippen LogP contribution in [-0.2, 0) is 4.79 Å². The second-order valence-electron chi connectivity index (χ2n) is 3.21. The third-order valence-corrected chi connectivity index (χ3v) is 2.25. The van der Waals surface area contributed by atoms with Crippen molar-refractivity contribution in [2.45, 2.75) is 18.9 Å². The minimum Gasteiger partial charge on any atom is -0.349 e. The van der Waals surface area contributed by atoms with Gasteiger partial charge in [-0.25, -0.2) is 4.39 Å². The summed E-state index contributed by atoms with van der Waals surface area (Å²) in [5, 5.41) is 2.79. The Bertz CT molecular complexity index is 337. The van der Waals surface area contributed by atoms with E-state index in [1.54, 1.807) is 6.07 Å². The van der Waals surface area contributed by atoms with Gasteiger partial charge in [0.25, 0.3) is 0 Å². The lowest BCUT2D eigenvalue weighted by Crippen LogP contribution is -2.18. The number of halogens is 1. The largest absolute Gasteiger partial charge is 0.349 e. The molecule has 1 fully saturated rings. The zero-order valence-electron chi connectivity index (χ0n) is 7.09. The Morgan fingerprint density at radius 1 is 1.46 bits per heavy atom. The first-order chi connectivity index (χ1) is 6.25. The summed E-state index contributed by atoms with van der Waals surface area (Å²) in [6.07, 6.45) is 1.31. The van der Waals surface area contributed by atoms with Gasteiger partial charge in [-0.15, -0.1) is 0 Å². The van der Waals surface area contributed by atoms with Crippen molar-refractivity contribution in [1.29, 1.82) is 0 Å². The molecule has 13 heavy (non-hydrogen) atoms. The van der Waals surface area contributed by atoms with Gasteiger partial charge in [-0.3, -0.25) is 4.79 Å². The number of amides is 1. The third kappa shape index (κ3) is 1.69. The van der Waals surface area contributed by atoms with Crippen LogP contribution in [0, 0.1) is 5.82 Å². The summed E-state index contributed by atoms with van der Waals surface area (Å²) in [6, 6.07) is 6.37. The number of carbonyl (C=O) groups is 1. The lowest BCUT2D eigenvalue weighted by Gasteiger charge is -2.09. The quantitative estimate of drug-likeness (QED) is 0.699. The molecule has 1 heterocycles. The van der Waals surface area contributed by atoms with Crippen molar-refractivity contribution in [3.8, 4) is 0 Å². The molecule has 0 radical (unpaired) electrons. The number of rotatable bonds is 1. The molecule has 0 saturated carbocycles. The molecule has 3 heteroatoms. The maximum atomic E-state index is 12.8. The molecular formula is C10H10FNO. The molecule has 0 spiro atoms. The van der Waals surface area contributed by atoms with Gasteiger partial charge in [0, 0.05) is 6.42 Å². The van der Waals surface area contributed by atoms with Crippen molar-refractivity contribution in [2.75, 3.05) is 0 Å². The van der Waals surface area contributed by atoms with Crippen LogP contribution in [0.1, 0.15) is 24.4 Å². The lowest BCUT2D eigenvalue weighted by atomic mass is 10.1. The fourth-order valence-electron chi connectivity index (χ4n) is 1.59. The Labute approximate surface area is 75.8 Å². The predicted molar refractivity (Wildman–Crippen MR) is 46.5 cm³/mol. The Balaban J connectivity index is 2.21. The first-order valence-corrected chi connectivity index (χ1v) is 4.30. The summed E-state index contributed by atoms with van der Waals surface area (Å²) < 4.78 is 12.8. The number of benzene rings is 1. The highest BCUT2D eigenvalue weighted by molar-refractivity contribution is 5.78. The Kier molecular flexibility index (Phi) is 2.00. The van der Waals surface area contributed by atoms with E-state index in [1.807, 2.05) is 6.07 Å². The topological polar surface area (TPSA) is 29.1 Å². The zero-order valence-corrected chi connectivity index (χ0v) is 7.09. The summed E-state index contributed by atoms with van der Waals surface area (Å²) >= 11 is 0. The first kappa shape index (κ1) is 8.23. The van der Waals surface area contributed by atoms with Gasteiger partial charge in [0.15, 0.2) is 0 Å². The van der Waals surface area contributed by atoms with Crippen molar-refractivity contribution in [3.05, 3.63) is 35.6 Å². The minimum atomic E-state index is -0.251. The van der Waals surface area contributed by atoms with E-state index in [2.05, 4.69) is 5.32 Å². The summed E-state index contributed by atoms with van der Waals surface area (Å²) in [7, 11) is 0. The Morgan fingerprint density at radius 3 is 2.92 bits per heavy atom. The van der Waals surface area contributed by atoms with Crippen LogP contribution in [0.5, 0.6) is 0 Å². The average Bonchev–Trinajstić information content (AvgIpc) is 2.52. The van der Waals surface area contributed by atoms with E-state index >= 15 is 0 Å². The van der Waals surface area contributed by atoms with Crippen molar-refractivity contribution in [1.82, 2.24) is 5.32 Å². The van der Waals surface area contributed by atoms with Gasteiger partial charge in [0.2, 0.25) is 5.91 Å². The molecule has 1 aliphatic heterocycles. The highest BCUT2D eigenvalue weighted by atomic mass is 19.1. The molecule has 0 aliphatic carbocycles. The average molecular weight is 179 g/mol. The summed E-state index contributed by atoms with van der Waals surface area (Å²) in [4.78, 5) is 10.9. The third-order valence-electron chi connectivity index (χ3n) is 2.25. The van der Waals surface area contributed by atoms with Crippen LogP contribution in [0.4, 0.5) is 4.39 Å². The Hall–Kier alpha value is -1.38. The van der Waals surface area contributed by atoms with E-state index in [4.69, 9.17) is 0 Å². The molecular weight excluding hydrogens is 169 g/mol. The van der Waals surface area contributed by atoms with Crippen molar-refractivity contribution >= 4 is 5.91 Å². The number of nitrogens with one attached hydrogen (secondary N) is 1. The van der Waals surface area contributed by atoms with E-state index in [0.717, 1.165) is 12.0 Å². The van der Waals surface area contributed by atoms with Crippen LogP contribution in [0.3, 0.4) is 0 Å². The summed E-state index contributed by atoms with van der Waals surface area (Å²) in [5.41, 5.74) is 0.853. The number of hydrogen-bond acceptors (Lipinski definition) is 1. The van der Waals surface area contributed by atoms with Crippen LogP contribution in [0.15, 0.2) is 24.3 Å². The maximum absolute atomic E-state index is 12.8. The van der Waals surface area contributed by atoms with Crippen molar-refractivity contribution in [3.63, 3.8) is 0 Å². The van der Waals surface area contributed by atoms with E-state index in [-0.39, 0.29) is 17.8 Å². The molecule has 68 valence electrons. The van der Waals surface area contributed by atoms with Gasteiger partial charge in [-0.05, 0) is 24.1 Å². The molecule has 1 amide bonds. The second-order valence-corrected chi connectivity index (χ2v) is 3.21. The molecule has 1 N–H and O–H groups in total. The van der Waals surface area contributed by atoms with Crippen molar-refractivity contribution in [2.24, 2.45) is 0 Å². The molecule has 1 aliphatic rings. The second kappa shape index (κ2) is 3.17. The van der Waals surface area contributed by atoms with Crippen LogP contribution < -0.4 is 5.32 Å². The fourth-order valence-corrected chi connectivity index (χ4v) is 1.59. The van der Waals surface area contributed by atoms with Gasteiger partial charge in [0.1, 0.15) is 5.82 Å². The SMILES string of the molecule is O=C1CC[C@@H](c2cccc(F)c2)N1. The summed E-state index contributed by atoms with van der Waals surface area (Å²) in [5.74, 6) is -0.201. The van der Waals surface area contributed by atoms with Crippen molar-refractivity contribution < 1.29 is 9.18 Å². The standard InChI is InChI=1S/C10H10FNO/c11-8-3-1-2-7(6-8)9-4-5-10(13)12-9/h1-3,6,9H,4-5H2,(H,12,13)/t9-/m0/s1. The van der Waals surface area contributed by atoms with Gasteiger partial charge in [-0.2, -0.15) is 0 Å². The number of carbonyl (C=O) groups excluding carboxylic acids is 1. The highest BCUT2D eigenvalue weighted by Gasteiger charge is 2.21. The molecule has 0 aromatic heterocycles. The lowest BCUT2D eigenvalue weighted by molar-refractivity contribution is -0.119. The van der Waals surface area contributed by atoms with E-state index in [1.165, 1.54) is 12.1 Å². The Morgan fingerprint density at radius 2 is 2.31 bits per heavy atom. The smallest absolute Gasteiger partial charge is 0.220 e. The van der Waals surface area contributed by atoms with E-state index in [0.29, 0.717) is 6.42 Å². The van der Waals surface area contributed by atoms with Gasteiger partial charge < -0.3 is 5.32 Å². The van der Waals surface area contributed by atoms with Gasteiger partial charge >= 0.3 is 0 Å².